The van der Waals surface area contributed by atoms with Crippen LogP contribution in [0.2, 0.25) is 0 Å². The summed E-state index contributed by atoms with van der Waals surface area (Å²) in [5.41, 5.74) is 2.52. The van der Waals surface area contributed by atoms with E-state index in [2.05, 4.69) is 16.3 Å². The summed E-state index contributed by atoms with van der Waals surface area (Å²) in [7, 11) is 0. The molecule has 0 radical (unpaired) electrons. The highest BCUT2D eigenvalue weighted by atomic mass is 32.2. The molecule has 0 aliphatic heterocycles. The Bertz CT molecular complexity index is 572. The lowest BCUT2D eigenvalue weighted by Crippen LogP contribution is -2.01. The van der Waals surface area contributed by atoms with Gasteiger partial charge in [-0.05, 0) is 18.6 Å². The van der Waals surface area contributed by atoms with Crippen molar-refractivity contribution >= 4 is 17.7 Å². The van der Waals surface area contributed by atoms with Crippen LogP contribution in [0.3, 0.4) is 0 Å². The number of carboxylic acid groups (broad SMARTS) is 1. The van der Waals surface area contributed by atoms with Crippen molar-refractivity contribution in [2.75, 3.05) is 0 Å². The van der Waals surface area contributed by atoms with Crippen LogP contribution in [0.1, 0.15) is 21.5 Å². The third-order valence-corrected chi connectivity index (χ3v) is 3.43. The fourth-order valence-electron chi connectivity index (χ4n) is 1.54. The first-order chi connectivity index (χ1) is 8.66. The summed E-state index contributed by atoms with van der Waals surface area (Å²) < 4.78 is 0. The Hall–Kier alpha value is -1.88. The molecule has 1 heterocycles. The number of thioether (sulfide) groups is 1. The number of carboxylic acids is 1. The quantitative estimate of drug-likeness (QED) is 0.856. The highest BCUT2D eigenvalue weighted by molar-refractivity contribution is 7.98. The monoisotopic (exact) mass is 260 g/mol. The SMILES string of the molecule is Cc1cccc(CSc2nnccc2C(=O)O)c1. The Morgan fingerprint density at radius 2 is 2.22 bits per heavy atom. The zero-order valence-electron chi connectivity index (χ0n) is 9.83. The number of hydrogen-bond acceptors (Lipinski definition) is 4. The molecule has 0 aliphatic rings. The number of benzene rings is 1. The fourth-order valence-corrected chi connectivity index (χ4v) is 2.44. The van der Waals surface area contributed by atoms with Crippen molar-refractivity contribution in [1.29, 1.82) is 0 Å². The van der Waals surface area contributed by atoms with Crippen LogP contribution in [0.15, 0.2) is 41.6 Å². The first kappa shape index (κ1) is 12.6. The van der Waals surface area contributed by atoms with Gasteiger partial charge < -0.3 is 5.11 Å². The molecule has 1 N–H and O–H groups in total. The number of hydrogen-bond donors (Lipinski definition) is 1. The van der Waals surface area contributed by atoms with E-state index in [9.17, 15) is 4.79 Å². The second-order valence-corrected chi connectivity index (χ2v) is 4.80. The van der Waals surface area contributed by atoms with E-state index in [-0.39, 0.29) is 5.56 Å². The predicted molar refractivity (Wildman–Crippen MR) is 69.7 cm³/mol. The molecule has 18 heavy (non-hydrogen) atoms. The molecule has 1 aromatic heterocycles. The maximum Gasteiger partial charge on any atom is 0.338 e. The molecular formula is C13H12N2O2S. The van der Waals surface area contributed by atoms with E-state index in [1.54, 1.807) is 0 Å². The normalized spacial score (nSPS) is 10.3. The molecule has 0 bridgehead atoms. The summed E-state index contributed by atoms with van der Waals surface area (Å²) in [6.45, 7) is 2.03. The van der Waals surface area contributed by atoms with Gasteiger partial charge in [-0.25, -0.2) is 4.79 Å². The maximum absolute atomic E-state index is 11.0. The number of rotatable bonds is 4. The van der Waals surface area contributed by atoms with Crippen LogP contribution in [-0.2, 0) is 5.75 Å². The minimum absolute atomic E-state index is 0.197. The lowest BCUT2D eigenvalue weighted by atomic mass is 10.2. The van der Waals surface area contributed by atoms with Crippen LogP contribution in [-0.4, -0.2) is 21.3 Å². The molecule has 0 fully saturated rings. The summed E-state index contributed by atoms with van der Waals surface area (Å²) in [4.78, 5) is 11.0. The van der Waals surface area contributed by atoms with Crippen molar-refractivity contribution in [1.82, 2.24) is 10.2 Å². The molecule has 2 rings (SSSR count). The van der Waals surface area contributed by atoms with Gasteiger partial charge in [0.2, 0.25) is 0 Å². The minimum Gasteiger partial charge on any atom is -0.478 e. The second-order valence-electron chi connectivity index (χ2n) is 3.83. The van der Waals surface area contributed by atoms with Crippen molar-refractivity contribution in [2.24, 2.45) is 0 Å². The van der Waals surface area contributed by atoms with Gasteiger partial charge >= 0.3 is 5.97 Å². The van der Waals surface area contributed by atoms with E-state index in [0.29, 0.717) is 10.8 Å². The van der Waals surface area contributed by atoms with E-state index < -0.39 is 5.97 Å². The molecule has 0 aliphatic carbocycles. The topological polar surface area (TPSA) is 63.1 Å². The molecule has 0 unspecified atom stereocenters. The predicted octanol–water partition coefficient (Wildman–Crippen LogP) is 2.78. The van der Waals surface area contributed by atoms with Crippen LogP contribution < -0.4 is 0 Å². The standard InChI is InChI=1S/C13H12N2O2S/c1-9-3-2-4-10(7-9)8-18-12-11(13(16)17)5-6-14-15-12/h2-7H,8H2,1H3,(H,16,17). The zero-order chi connectivity index (χ0) is 13.0. The van der Waals surface area contributed by atoms with Crippen molar-refractivity contribution in [3.05, 3.63) is 53.2 Å². The molecule has 0 saturated carbocycles. The van der Waals surface area contributed by atoms with Crippen LogP contribution >= 0.6 is 11.8 Å². The van der Waals surface area contributed by atoms with Gasteiger partial charge in [-0.3, -0.25) is 0 Å². The lowest BCUT2D eigenvalue weighted by Gasteiger charge is -2.04. The van der Waals surface area contributed by atoms with Gasteiger partial charge in [0.05, 0.1) is 11.8 Å². The molecule has 0 amide bonds. The minimum atomic E-state index is -0.975. The zero-order valence-corrected chi connectivity index (χ0v) is 10.6. The Labute approximate surface area is 109 Å². The Kier molecular flexibility index (Phi) is 3.94. The molecule has 5 heteroatoms. The van der Waals surface area contributed by atoms with Crippen molar-refractivity contribution < 1.29 is 9.90 Å². The molecule has 92 valence electrons. The van der Waals surface area contributed by atoms with Crippen LogP contribution in [0.25, 0.3) is 0 Å². The lowest BCUT2D eigenvalue weighted by molar-refractivity contribution is 0.0692. The molecule has 4 nitrogen and oxygen atoms in total. The van der Waals surface area contributed by atoms with Gasteiger partial charge in [0.15, 0.2) is 0 Å². The number of aromatic nitrogens is 2. The Morgan fingerprint density at radius 3 is 2.94 bits per heavy atom. The third kappa shape index (κ3) is 3.07. The molecule has 0 atom stereocenters. The summed E-state index contributed by atoms with van der Waals surface area (Å²) in [6, 6.07) is 9.56. The molecule has 1 aromatic carbocycles. The summed E-state index contributed by atoms with van der Waals surface area (Å²) in [5, 5.41) is 17.1. The first-order valence-electron chi connectivity index (χ1n) is 5.40. The average Bonchev–Trinajstić information content (AvgIpc) is 2.37. The smallest absolute Gasteiger partial charge is 0.338 e. The maximum atomic E-state index is 11.0. The largest absolute Gasteiger partial charge is 0.478 e. The highest BCUT2D eigenvalue weighted by Crippen LogP contribution is 2.23. The van der Waals surface area contributed by atoms with Crippen molar-refractivity contribution in [2.45, 2.75) is 17.7 Å². The average molecular weight is 260 g/mol. The number of aryl methyl sites for hydroxylation is 1. The Balaban J connectivity index is 2.13. The summed E-state index contributed by atoms with van der Waals surface area (Å²) in [5.74, 6) is -0.294. The highest BCUT2D eigenvalue weighted by Gasteiger charge is 2.11. The number of carbonyl (C=O) groups is 1. The molecule has 0 spiro atoms. The second kappa shape index (κ2) is 5.64. The number of nitrogens with zero attached hydrogens (tertiary/aromatic N) is 2. The first-order valence-corrected chi connectivity index (χ1v) is 6.38. The fraction of sp³-hybridized carbons (Fsp3) is 0.154. The molecule has 0 saturated heterocycles. The van der Waals surface area contributed by atoms with E-state index in [0.717, 1.165) is 5.56 Å². The van der Waals surface area contributed by atoms with Crippen molar-refractivity contribution in [3.63, 3.8) is 0 Å². The van der Waals surface area contributed by atoms with Crippen molar-refractivity contribution in [3.8, 4) is 0 Å². The van der Waals surface area contributed by atoms with Crippen LogP contribution in [0, 0.1) is 6.92 Å². The molecule has 2 aromatic rings. The van der Waals surface area contributed by atoms with Crippen LogP contribution in [0.5, 0.6) is 0 Å². The van der Waals surface area contributed by atoms with Gasteiger partial charge in [0, 0.05) is 5.75 Å². The Morgan fingerprint density at radius 1 is 1.39 bits per heavy atom. The van der Waals surface area contributed by atoms with Gasteiger partial charge in [-0.1, -0.05) is 41.6 Å². The third-order valence-electron chi connectivity index (χ3n) is 2.38. The van der Waals surface area contributed by atoms with Gasteiger partial charge in [0.1, 0.15) is 5.03 Å². The summed E-state index contributed by atoms with van der Waals surface area (Å²) in [6.07, 6.45) is 1.39. The van der Waals surface area contributed by atoms with Gasteiger partial charge in [-0.15, -0.1) is 5.10 Å². The van der Waals surface area contributed by atoms with E-state index in [4.69, 9.17) is 5.11 Å². The van der Waals surface area contributed by atoms with Gasteiger partial charge in [0.25, 0.3) is 0 Å². The van der Waals surface area contributed by atoms with Crippen LogP contribution in [0.4, 0.5) is 0 Å². The molecular weight excluding hydrogens is 248 g/mol. The van der Waals surface area contributed by atoms with E-state index >= 15 is 0 Å². The van der Waals surface area contributed by atoms with E-state index in [1.807, 2.05) is 25.1 Å². The number of aromatic carboxylic acids is 1. The van der Waals surface area contributed by atoms with E-state index in [1.165, 1.54) is 29.6 Å². The van der Waals surface area contributed by atoms with Gasteiger partial charge in [-0.2, -0.15) is 5.10 Å². The summed E-state index contributed by atoms with van der Waals surface area (Å²) >= 11 is 1.38.